The lowest BCUT2D eigenvalue weighted by atomic mass is 10.1. The van der Waals surface area contributed by atoms with Crippen molar-refractivity contribution in [3.05, 3.63) is 0 Å². The van der Waals surface area contributed by atoms with Gasteiger partial charge in [-0.2, -0.15) is 0 Å². The summed E-state index contributed by atoms with van der Waals surface area (Å²) in [6.07, 6.45) is 13.9. The first-order valence-corrected chi connectivity index (χ1v) is 8.21. The lowest BCUT2D eigenvalue weighted by molar-refractivity contribution is -0.0994. The number of hydrogen-bond donors (Lipinski definition) is 2. The Bertz CT molecular complexity index is 162. The van der Waals surface area contributed by atoms with Gasteiger partial charge in [-0.1, -0.05) is 57.8 Å². The van der Waals surface area contributed by atoms with E-state index in [2.05, 4.69) is 0 Å². The van der Waals surface area contributed by atoms with Crippen LogP contribution in [0, 0.1) is 0 Å². The Morgan fingerprint density at radius 2 is 1.16 bits per heavy atom. The summed E-state index contributed by atoms with van der Waals surface area (Å²) in [5.41, 5.74) is 0. The molecule has 0 aliphatic rings. The van der Waals surface area contributed by atoms with E-state index in [9.17, 15) is 5.11 Å². The van der Waals surface area contributed by atoms with Gasteiger partial charge < -0.3 is 14.9 Å². The fourth-order valence-corrected chi connectivity index (χ4v) is 2.30. The Morgan fingerprint density at radius 3 is 1.58 bits per heavy atom. The van der Waals surface area contributed by atoms with Gasteiger partial charge >= 0.3 is 0 Å². The third-order valence-electron chi connectivity index (χ3n) is 3.47. The van der Waals surface area contributed by atoms with E-state index in [1.54, 1.807) is 0 Å². The van der Waals surface area contributed by atoms with Crippen LogP contribution in [-0.2, 0) is 4.74 Å². The number of unbranched alkanes of at least 4 members (excludes halogenated alkanes) is 10. The van der Waals surface area contributed by atoms with E-state index in [1.807, 2.05) is 6.92 Å². The van der Waals surface area contributed by atoms with Crippen LogP contribution in [0.2, 0.25) is 0 Å². The molecule has 116 valence electrons. The first kappa shape index (κ1) is 18.9. The standard InChI is InChI=1S/C16H34O3/c1-2-19-16(18)14-12-10-8-6-4-3-5-7-9-11-13-15-17/h16-18H,2-15H2,1H3. The number of rotatable bonds is 15. The molecule has 0 aliphatic carbocycles. The molecule has 3 nitrogen and oxygen atoms in total. The summed E-state index contributed by atoms with van der Waals surface area (Å²) in [6.45, 7) is 2.85. The molecule has 0 saturated heterocycles. The molecule has 19 heavy (non-hydrogen) atoms. The zero-order chi connectivity index (χ0) is 14.2. The SMILES string of the molecule is CCOC(O)CCCCCCCCCCCCCO. The van der Waals surface area contributed by atoms with E-state index in [1.165, 1.54) is 57.8 Å². The van der Waals surface area contributed by atoms with Gasteiger partial charge in [0, 0.05) is 13.2 Å². The zero-order valence-electron chi connectivity index (χ0n) is 12.8. The Balaban J connectivity index is 2.99. The maximum Gasteiger partial charge on any atom is 0.154 e. The summed E-state index contributed by atoms with van der Waals surface area (Å²) in [6, 6.07) is 0. The highest BCUT2D eigenvalue weighted by Crippen LogP contribution is 2.12. The topological polar surface area (TPSA) is 49.7 Å². The van der Waals surface area contributed by atoms with Crippen molar-refractivity contribution in [1.82, 2.24) is 0 Å². The molecule has 0 aromatic rings. The van der Waals surface area contributed by atoms with Crippen LogP contribution in [0.15, 0.2) is 0 Å². The molecule has 0 rings (SSSR count). The highest BCUT2D eigenvalue weighted by atomic mass is 16.6. The van der Waals surface area contributed by atoms with Crippen molar-refractivity contribution in [1.29, 1.82) is 0 Å². The van der Waals surface area contributed by atoms with Gasteiger partial charge in [0.15, 0.2) is 6.29 Å². The largest absolute Gasteiger partial charge is 0.396 e. The van der Waals surface area contributed by atoms with Gasteiger partial charge in [0.2, 0.25) is 0 Å². The van der Waals surface area contributed by atoms with Crippen molar-refractivity contribution in [2.75, 3.05) is 13.2 Å². The Labute approximate surface area is 119 Å². The fourth-order valence-electron chi connectivity index (χ4n) is 2.30. The molecule has 0 bridgehead atoms. The summed E-state index contributed by atoms with van der Waals surface area (Å²) >= 11 is 0. The average molecular weight is 274 g/mol. The van der Waals surface area contributed by atoms with Crippen LogP contribution < -0.4 is 0 Å². The molecule has 0 spiro atoms. The smallest absolute Gasteiger partial charge is 0.154 e. The maximum atomic E-state index is 9.37. The summed E-state index contributed by atoms with van der Waals surface area (Å²) in [5.74, 6) is 0. The lowest BCUT2D eigenvalue weighted by Gasteiger charge is -2.09. The predicted molar refractivity (Wildman–Crippen MR) is 80.1 cm³/mol. The molecule has 0 aromatic heterocycles. The molecule has 1 atom stereocenters. The summed E-state index contributed by atoms with van der Waals surface area (Å²) in [4.78, 5) is 0. The molecule has 2 N–H and O–H groups in total. The molecule has 0 heterocycles. The van der Waals surface area contributed by atoms with Crippen molar-refractivity contribution in [2.45, 2.75) is 90.3 Å². The van der Waals surface area contributed by atoms with E-state index in [0.29, 0.717) is 13.2 Å². The van der Waals surface area contributed by atoms with Gasteiger partial charge in [0.1, 0.15) is 0 Å². The third-order valence-corrected chi connectivity index (χ3v) is 3.47. The molecule has 0 aliphatic heterocycles. The first-order chi connectivity index (χ1) is 9.31. The molecule has 0 amide bonds. The van der Waals surface area contributed by atoms with Crippen LogP contribution in [0.1, 0.15) is 84.0 Å². The normalized spacial score (nSPS) is 12.8. The van der Waals surface area contributed by atoms with E-state index in [4.69, 9.17) is 9.84 Å². The second-order valence-electron chi connectivity index (χ2n) is 5.31. The van der Waals surface area contributed by atoms with Gasteiger partial charge in [0.25, 0.3) is 0 Å². The summed E-state index contributed by atoms with van der Waals surface area (Å²) < 4.78 is 5.08. The lowest BCUT2D eigenvalue weighted by Crippen LogP contribution is -2.10. The van der Waals surface area contributed by atoms with Crippen molar-refractivity contribution >= 4 is 0 Å². The van der Waals surface area contributed by atoms with Crippen molar-refractivity contribution in [3.8, 4) is 0 Å². The monoisotopic (exact) mass is 274 g/mol. The Hall–Kier alpha value is -0.120. The minimum Gasteiger partial charge on any atom is -0.396 e. The van der Waals surface area contributed by atoms with Gasteiger partial charge in [-0.25, -0.2) is 0 Å². The van der Waals surface area contributed by atoms with E-state index < -0.39 is 6.29 Å². The van der Waals surface area contributed by atoms with E-state index >= 15 is 0 Å². The van der Waals surface area contributed by atoms with Crippen LogP contribution in [-0.4, -0.2) is 29.7 Å². The van der Waals surface area contributed by atoms with Crippen LogP contribution in [0.25, 0.3) is 0 Å². The zero-order valence-corrected chi connectivity index (χ0v) is 12.8. The van der Waals surface area contributed by atoms with Gasteiger partial charge in [-0.3, -0.25) is 0 Å². The van der Waals surface area contributed by atoms with Crippen LogP contribution >= 0.6 is 0 Å². The summed E-state index contributed by atoms with van der Waals surface area (Å²) in [5, 5.41) is 18.0. The van der Waals surface area contributed by atoms with Crippen molar-refractivity contribution < 1.29 is 14.9 Å². The second kappa shape index (κ2) is 15.9. The van der Waals surface area contributed by atoms with Gasteiger partial charge in [-0.15, -0.1) is 0 Å². The molecule has 1 unspecified atom stereocenters. The molecule has 0 fully saturated rings. The van der Waals surface area contributed by atoms with E-state index in [0.717, 1.165) is 19.3 Å². The van der Waals surface area contributed by atoms with Crippen LogP contribution in [0.3, 0.4) is 0 Å². The quantitative estimate of drug-likeness (QED) is 0.350. The fraction of sp³-hybridized carbons (Fsp3) is 1.00. The number of ether oxygens (including phenoxy) is 1. The van der Waals surface area contributed by atoms with Crippen LogP contribution in [0.4, 0.5) is 0 Å². The molecular weight excluding hydrogens is 240 g/mol. The number of hydrogen-bond acceptors (Lipinski definition) is 3. The molecule has 0 aromatic carbocycles. The molecule has 3 heteroatoms. The first-order valence-electron chi connectivity index (χ1n) is 8.21. The van der Waals surface area contributed by atoms with Crippen molar-refractivity contribution in [3.63, 3.8) is 0 Å². The minimum atomic E-state index is -0.552. The van der Waals surface area contributed by atoms with Gasteiger partial charge in [0.05, 0.1) is 0 Å². The number of aliphatic hydroxyl groups excluding tert-OH is 2. The molecular formula is C16H34O3. The average Bonchev–Trinajstić information content (AvgIpc) is 2.40. The second-order valence-corrected chi connectivity index (χ2v) is 5.31. The highest BCUT2D eigenvalue weighted by molar-refractivity contribution is 4.49. The van der Waals surface area contributed by atoms with Gasteiger partial charge in [-0.05, 0) is 26.2 Å². The maximum absolute atomic E-state index is 9.37. The third kappa shape index (κ3) is 15.8. The van der Waals surface area contributed by atoms with Crippen molar-refractivity contribution in [2.24, 2.45) is 0 Å². The number of aliphatic hydroxyl groups is 2. The summed E-state index contributed by atoms with van der Waals surface area (Å²) in [7, 11) is 0. The highest BCUT2D eigenvalue weighted by Gasteiger charge is 2.01. The minimum absolute atomic E-state index is 0.345. The van der Waals surface area contributed by atoms with Crippen LogP contribution in [0.5, 0.6) is 0 Å². The Morgan fingerprint density at radius 1 is 0.737 bits per heavy atom. The Kier molecular flexibility index (Phi) is 15.8. The van der Waals surface area contributed by atoms with E-state index in [-0.39, 0.29) is 0 Å². The molecule has 0 radical (unpaired) electrons. The molecule has 0 saturated carbocycles. The predicted octanol–water partition coefficient (Wildman–Crippen LogP) is 4.01.